The molecule has 0 spiro atoms. The Balaban J connectivity index is 1.69. The van der Waals surface area contributed by atoms with Crippen LogP contribution in [-0.2, 0) is 13.2 Å². The van der Waals surface area contributed by atoms with Gasteiger partial charge in [0.1, 0.15) is 17.4 Å². The van der Waals surface area contributed by atoms with Gasteiger partial charge in [-0.25, -0.2) is 4.98 Å². The lowest BCUT2D eigenvalue weighted by Gasteiger charge is -2.28. The SMILES string of the molecule is CCC(C)N(Cc1csc(COc2cccc(C)c2)n1)C(=O)c1cccc(C)c1. The number of rotatable bonds is 8. The van der Waals surface area contributed by atoms with Crippen LogP contribution in [0.5, 0.6) is 5.75 Å². The smallest absolute Gasteiger partial charge is 0.254 e. The number of hydrogen-bond donors (Lipinski definition) is 0. The van der Waals surface area contributed by atoms with Crippen LogP contribution >= 0.6 is 11.3 Å². The Morgan fingerprint density at radius 2 is 1.86 bits per heavy atom. The number of carbonyl (C=O) groups is 1. The molecule has 0 N–H and O–H groups in total. The predicted octanol–water partition coefficient (Wildman–Crippen LogP) is 5.78. The van der Waals surface area contributed by atoms with Gasteiger partial charge in [0.2, 0.25) is 0 Å². The minimum Gasteiger partial charge on any atom is -0.486 e. The first-order chi connectivity index (χ1) is 14.0. The summed E-state index contributed by atoms with van der Waals surface area (Å²) in [7, 11) is 0. The highest BCUT2D eigenvalue weighted by Crippen LogP contribution is 2.20. The molecule has 0 radical (unpaired) electrons. The van der Waals surface area contributed by atoms with Crippen LogP contribution in [0.3, 0.4) is 0 Å². The average Bonchev–Trinajstić information content (AvgIpc) is 3.17. The first-order valence-electron chi connectivity index (χ1n) is 9.96. The van der Waals surface area contributed by atoms with Gasteiger partial charge in [-0.2, -0.15) is 0 Å². The molecule has 0 saturated heterocycles. The van der Waals surface area contributed by atoms with Crippen LogP contribution in [0, 0.1) is 13.8 Å². The van der Waals surface area contributed by atoms with Gasteiger partial charge in [-0.05, 0) is 57.0 Å². The zero-order chi connectivity index (χ0) is 20.8. The fraction of sp³-hybridized carbons (Fsp3) is 0.333. The van der Waals surface area contributed by atoms with Gasteiger partial charge in [0.25, 0.3) is 5.91 Å². The number of carbonyl (C=O) groups excluding carboxylic acids is 1. The van der Waals surface area contributed by atoms with Crippen molar-refractivity contribution >= 4 is 17.2 Å². The maximum atomic E-state index is 13.1. The van der Waals surface area contributed by atoms with E-state index in [0.29, 0.717) is 13.2 Å². The lowest BCUT2D eigenvalue weighted by molar-refractivity contribution is 0.0669. The summed E-state index contributed by atoms with van der Waals surface area (Å²) in [5.74, 6) is 0.895. The minimum atomic E-state index is 0.0496. The fourth-order valence-electron chi connectivity index (χ4n) is 3.10. The van der Waals surface area contributed by atoms with Crippen molar-refractivity contribution in [3.8, 4) is 5.75 Å². The molecule has 1 atom stereocenters. The van der Waals surface area contributed by atoms with Crippen molar-refractivity contribution in [2.75, 3.05) is 0 Å². The van der Waals surface area contributed by atoms with E-state index in [2.05, 4.69) is 13.8 Å². The zero-order valence-electron chi connectivity index (χ0n) is 17.5. The molecule has 3 rings (SSSR count). The van der Waals surface area contributed by atoms with E-state index in [0.717, 1.165) is 34.0 Å². The molecule has 4 nitrogen and oxygen atoms in total. The maximum Gasteiger partial charge on any atom is 0.254 e. The van der Waals surface area contributed by atoms with Crippen molar-refractivity contribution in [2.24, 2.45) is 0 Å². The van der Waals surface area contributed by atoms with E-state index in [1.165, 1.54) is 5.56 Å². The van der Waals surface area contributed by atoms with Gasteiger partial charge in [0.15, 0.2) is 0 Å². The molecule has 0 aliphatic rings. The van der Waals surface area contributed by atoms with Gasteiger partial charge in [-0.1, -0.05) is 36.8 Å². The van der Waals surface area contributed by atoms with E-state index < -0.39 is 0 Å². The maximum absolute atomic E-state index is 13.1. The first kappa shape index (κ1) is 21.1. The van der Waals surface area contributed by atoms with Gasteiger partial charge < -0.3 is 9.64 Å². The summed E-state index contributed by atoms with van der Waals surface area (Å²) in [5, 5.41) is 2.93. The van der Waals surface area contributed by atoms with Gasteiger partial charge in [0.05, 0.1) is 12.2 Å². The largest absolute Gasteiger partial charge is 0.486 e. The summed E-state index contributed by atoms with van der Waals surface area (Å²) in [6.07, 6.45) is 0.894. The van der Waals surface area contributed by atoms with E-state index in [1.807, 2.05) is 72.7 Å². The van der Waals surface area contributed by atoms with Crippen LogP contribution in [0.4, 0.5) is 0 Å². The molecular formula is C24H28N2O2S. The zero-order valence-corrected chi connectivity index (χ0v) is 18.3. The van der Waals surface area contributed by atoms with Gasteiger partial charge in [-0.15, -0.1) is 11.3 Å². The molecule has 1 heterocycles. The Morgan fingerprint density at radius 3 is 2.55 bits per heavy atom. The van der Waals surface area contributed by atoms with Crippen LogP contribution in [0.15, 0.2) is 53.9 Å². The normalized spacial score (nSPS) is 11.9. The lowest BCUT2D eigenvalue weighted by atomic mass is 10.1. The molecule has 0 aliphatic carbocycles. The first-order valence-corrected chi connectivity index (χ1v) is 10.8. The standard InChI is InChI=1S/C24H28N2O2S/c1-5-19(4)26(24(27)20-10-6-8-17(2)12-20)14-21-16-29-23(25-21)15-28-22-11-7-9-18(3)13-22/h6-13,16,19H,5,14-15H2,1-4H3. The number of aromatic nitrogens is 1. The topological polar surface area (TPSA) is 42.4 Å². The van der Waals surface area contributed by atoms with Crippen LogP contribution in [0.25, 0.3) is 0 Å². The number of ether oxygens (including phenoxy) is 1. The Labute approximate surface area is 177 Å². The second-order valence-corrected chi connectivity index (χ2v) is 8.34. The molecule has 0 bridgehead atoms. The molecule has 0 saturated carbocycles. The molecule has 0 aliphatic heterocycles. The Kier molecular flexibility index (Phi) is 7.04. The second kappa shape index (κ2) is 9.70. The highest BCUT2D eigenvalue weighted by Gasteiger charge is 2.22. The minimum absolute atomic E-state index is 0.0496. The Hall–Kier alpha value is -2.66. The van der Waals surface area contributed by atoms with Crippen LogP contribution in [0.2, 0.25) is 0 Å². The molecule has 1 unspecified atom stereocenters. The highest BCUT2D eigenvalue weighted by molar-refractivity contribution is 7.09. The highest BCUT2D eigenvalue weighted by atomic mass is 32.1. The van der Waals surface area contributed by atoms with E-state index in [1.54, 1.807) is 11.3 Å². The Bertz CT molecular complexity index is 967. The second-order valence-electron chi connectivity index (χ2n) is 7.40. The van der Waals surface area contributed by atoms with Crippen LogP contribution < -0.4 is 4.74 Å². The Morgan fingerprint density at radius 1 is 1.14 bits per heavy atom. The van der Waals surface area contributed by atoms with Crippen molar-refractivity contribution in [1.29, 1.82) is 0 Å². The molecule has 2 aromatic carbocycles. The van der Waals surface area contributed by atoms with E-state index in [9.17, 15) is 4.79 Å². The molecule has 3 aromatic rings. The summed E-state index contributed by atoms with van der Waals surface area (Å²) < 4.78 is 5.86. The van der Waals surface area contributed by atoms with Crippen LogP contribution in [-0.4, -0.2) is 21.8 Å². The molecule has 0 fully saturated rings. The van der Waals surface area contributed by atoms with Crippen molar-refractivity contribution in [2.45, 2.75) is 53.3 Å². The van der Waals surface area contributed by atoms with Crippen molar-refractivity contribution < 1.29 is 9.53 Å². The van der Waals surface area contributed by atoms with Gasteiger partial charge in [0, 0.05) is 17.0 Å². The number of benzene rings is 2. The quantitative estimate of drug-likeness (QED) is 0.474. The van der Waals surface area contributed by atoms with Crippen LogP contribution in [0.1, 0.15) is 52.5 Å². The third-order valence-corrected chi connectivity index (χ3v) is 5.80. The summed E-state index contributed by atoms with van der Waals surface area (Å²) in [4.78, 5) is 19.7. The monoisotopic (exact) mass is 408 g/mol. The van der Waals surface area contributed by atoms with Gasteiger partial charge in [-0.3, -0.25) is 4.79 Å². The summed E-state index contributed by atoms with van der Waals surface area (Å²) in [6.45, 7) is 9.17. The molecular weight excluding hydrogens is 380 g/mol. The number of thiazole rings is 1. The number of nitrogens with zero attached hydrogens (tertiary/aromatic N) is 2. The fourth-order valence-corrected chi connectivity index (χ4v) is 3.80. The number of hydrogen-bond acceptors (Lipinski definition) is 4. The summed E-state index contributed by atoms with van der Waals surface area (Å²) >= 11 is 1.57. The third kappa shape index (κ3) is 5.67. The number of amides is 1. The molecule has 152 valence electrons. The molecule has 29 heavy (non-hydrogen) atoms. The van der Waals surface area contributed by atoms with Crippen molar-refractivity contribution in [3.63, 3.8) is 0 Å². The van der Waals surface area contributed by atoms with Crippen molar-refractivity contribution in [3.05, 3.63) is 81.3 Å². The summed E-state index contributed by atoms with van der Waals surface area (Å²) in [6, 6.07) is 15.9. The van der Waals surface area contributed by atoms with E-state index >= 15 is 0 Å². The molecule has 5 heteroatoms. The molecule has 1 aromatic heterocycles. The van der Waals surface area contributed by atoms with Gasteiger partial charge >= 0.3 is 0 Å². The number of aryl methyl sites for hydroxylation is 2. The lowest BCUT2D eigenvalue weighted by Crippen LogP contribution is -2.38. The average molecular weight is 409 g/mol. The van der Waals surface area contributed by atoms with E-state index in [4.69, 9.17) is 9.72 Å². The van der Waals surface area contributed by atoms with E-state index in [-0.39, 0.29) is 11.9 Å². The predicted molar refractivity (Wildman–Crippen MR) is 118 cm³/mol. The molecule has 1 amide bonds. The third-order valence-electron chi connectivity index (χ3n) is 4.93. The summed E-state index contributed by atoms with van der Waals surface area (Å²) in [5.41, 5.74) is 3.88. The van der Waals surface area contributed by atoms with Crippen molar-refractivity contribution in [1.82, 2.24) is 9.88 Å².